The Bertz CT molecular complexity index is 814. The maximum Gasteiger partial charge on any atom is 0.166 e. The molecule has 5 heteroatoms. The molecule has 2 aromatic carbocycles. The molecule has 1 N–H and O–H groups in total. The first-order valence-electron chi connectivity index (χ1n) is 9.27. The number of nitrogens with one attached hydrogen (secondary N) is 1. The van der Waals surface area contributed by atoms with Crippen molar-refractivity contribution in [2.75, 3.05) is 13.7 Å². The third-order valence-corrected chi connectivity index (χ3v) is 4.43. The smallest absolute Gasteiger partial charge is 0.166 e. The van der Waals surface area contributed by atoms with Gasteiger partial charge in [0.2, 0.25) is 0 Å². The van der Waals surface area contributed by atoms with E-state index in [2.05, 4.69) is 52.1 Å². The van der Waals surface area contributed by atoms with Crippen molar-refractivity contribution in [2.24, 2.45) is 0 Å². The lowest BCUT2D eigenvalue weighted by molar-refractivity contribution is 0.280. The standard InChI is InChI=1S/C22H27N3O2/c1-18-7-9-19(10-8-18)16-27-22-20(5-3-6-21(22)26-2)15-23-11-4-13-25-14-12-24-17-25/h3,5-10,12,14,17,23H,4,11,13,15-16H2,1-2H3. The van der Waals surface area contributed by atoms with Crippen molar-refractivity contribution >= 4 is 0 Å². The zero-order valence-corrected chi connectivity index (χ0v) is 16.0. The molecule has 0 unspecified atom stereocenters. The second-order valence-electron chi connectivity index (χ2n) is 6.55. The second kappa shape index (κ2) is 9.78. The summed E-state index contributed by atoms with van der Waals surface area (Å²) in [6.45, 7) is 5.23. The van der Waals surface area contributed by atoms with Gasteiger partial charge in [0.25, 0.3) is 0 Å². The Balaban J connectivity index is 1.56. The van der Waals surface area contributed by atoms with Crippen LogP contribution in [0.5, 0.6) is 11.5 Å². The number of methoxy groups -OCH3 is 1. The summed E-state index contributed by atoms with van der Waals surface area (Å²) in [6.07, 6.45) is 6.68. The highest BCUT2D eigenvalue weighted by Gasteiger charge is 2.10. The average Bonchev–Trinajstić information content (AvgIpc) is 3.21. The van der Waals surface area contributed by atoms with Crippen LogP contribution in [-0.4, -0.2) is 23.2 Å². The lowest BCUT2D eigenvalue weighted by atomic mass is 10.1. The molecule has 0 saturated carbocycles. The highest BCUT2D eigenvalue weighted by molar-refractivity contribution is 5.46. The van der Waals surface area contributed by atoms with Crippen molar-refractivity contribution in [1.29, 1.82) is 0 Å². The summed E-state index contributed by atoms with van der Waals surface area (Å²) in [5.41, 5.74) is 3.49. The summed E-state index contributed by atoms with van der Waals surface area (Å²) in [5, 5.41) is 3.49. The number of rotatable bonds is 10. The SMILES string of the molecule is COc1cccc(CNCCCn2ccnc2)c1OCc1ccc(C)cc1. The van der Waals surface area contributed by atoms with Gasteiger partial charge in [-0.05, 0) is 31.5 Å². The summed E-state index contributed by atoms with van der Waals surface area (Å²) in [5.74, 6) is 1.57. The lowest BCUT2D eigenvalue weighted by Gasteiger charge is -2.16. The number of benzene rings is 2. The second-order valence-corrected chi connectivity index (χ2v) is 6.55. The van der Waals surface area contributed by atoms with Crippen LogP contribution in [0, 0.1) is 6.92 Å². The number of aryl methyl sites for hydroxylation is 2. The van der Waals surface area contributed by atoms with Gasteiger partial charge in [0.1, 0.15) is 6.61 Å². The molecule has 3 rings (SSSR count). The first-order chi connectivity index (χ1) is 13.3. The van der Waals surface area contributed by atoms with Crippen LogP contribution in [0.3, 0.4) is 0 Å². The van der Waals surface area contributed by atoms with Crippen molar-refractivity contribution in [2.45, 2.75) is 33.0 Å². The third kappa shape index (κ3) is 5.59. The highest BCUT2D eigenvalue weighted by atomic mass is 16.5. The quantitative estimate of drug-likeness (QED) is 0.553. The zero-order valence-electron chi connectivity index (χ0n) is 16.0. The number of ether oxygens (including phenoxy) is 2. The van der Waals surface area contributed by atoms with Gasteiger partial charge in [0, 0.05) is 31.0 Å². The van der Waals surface area contributed by atoms with Crippen molar-refractivity contribution < 1.29 is 9.47 Å². The number of para-hydroxylation sites is 1. The van der Waals surface area contributed by atoms with Crippen molar-refractivity contribution in [3.8, 4) is 11.5 Å². The third-order valence-electron chi connectivity index (χ3n) is 4.43. The molecule has 0 spiro atoms. The van der Waals surface area contributed by atoms with Crippen LogP contribution in [0.2, 0.25) is 0 Å². The van der Waals surface area contributed by atoms with Crippen LogP contribution < -0.4 is 14.8 Å². The first kappa shape index (κ1) is 19.0. The van der Waals surface area contributed by atoms with Crippen LogP contribution in [0.4, 0.5) is 0 Å². The Labute approximate surface area is 161 Å². The molecule has 0 aliphatic heterocycles. The van der Waals surface area contributed by atoms with Gasteiger partial charge in [0.15, 0.2) is 11.5 Å². The Morgan fingerprint density at radius 3 is 2.70 bits per heavy atom. The van der Waals surface area contributed by atoms with Gasteiger partial charge in [-0.15, -0.1) is 0 Å². The molecule has 0 fully saturated rings. The molecule has 0 radical (unpaired) electrons. The number of imidazole rings is 1. The summed E-state index contributed by atoms with van der Waals surface area (Å²) < 4.78 is 13.7. The molecular weight excluding hydrogens is 338 g/mol. The molecular formula is C22H27N3O2. The fraction of sp³-hybridized carbons (Fsp3) is 0.318. The van der Waals surface area contributed by atoms with Gasteiger partial charge in [-0.25, -0.2) is 4.98 Å². The zero-order chi connectivity index (χ0) is 18.9. The molecule has 3 aromatic rings. The summed E-state index contributed by atoms with van der Waals surface area (Å²) in [7, 11) is 1.68. The summed E-state index contributed by atoms with van der Waals surface area (Å²) in [6, 6.07) is 14.4. The molecule has 0 saturated heterocycles. The van der Waals surface area contributed by atoms with Gasteiger partial charge >= 0.3 is 0 Å². The summed E-state index contributed by atoms with van der Waals surface area (Å²) in [4.78, 5) is 4.06. The van der Waals surface area contributed by atoms with Crippen molar-refractivity contribution in [3.05, 3.63) is 77.9 Å². The highest BCUT2D eigenvalue weighted by Crippen LogP contribution is 2.31. The minimum absolute atomic E-state index is 0.522. The van der Waals surface area contributed by atoms with E-state index in [9.17, 15) is 0 Å². The largest absolute Gasteiger partial charge is 0.493 e. The minimum Gasteiger partial charge on any atom is -0.493 e. The predicted octanol–water partition coefficient (Wildman–Crippen LogP) is 3.96. The fourth-order valence-electron chi connectivity index (χ4n) is 2.89. The van der Waals surface area contributed by atoms with Gasteiger partial charge < -0.3 is 19.4 Å². The summed E-state index contributed by atoms with van der Waals surface area (Å²) >= 11 is 0. The molecule has 0 aliphatic carbocycles. The molecule has 1 aromatic heterocycles. The minimum atomic E-state index is 0.522. The van der Waals surface area contributed by atoms with Crippen LogP contribution >= 0.6 is 0 Å². The number of aromatic nitrogens is 2. The maximum absolute atomic E-state index is 6.12. The predicted molar refractivity (Wildman–Crippen MR) is 107 cm³/mol. The van der Waals surface area contributed by atoms with E-state index in [4.69, 9.17) is 9.47 Å². The van der Waals surface area contributed by atoms with E-state index in [-0.39, 0.29) is 0 Å². The van der Waals surface area contributed by atoms with E-state index in [0.717, 1.165) is 48.7 Å². The Morgan fingerprint density at radius 1 is 1.11 bits per heavy atom. The van der Waals surface area contributed by atoms with E-state index >= 15 is 0 Å². The molecule has 142 valence electrons. The van der Waals surface area contributed by atoms with Gasteiger partial charge in [0.05, 0.1) is 13.4 Å². The fourth-order valence-corrected chi connectivity index (χ4v) is 2.89. The van der Waals surface area contributed by atoms with Crippen LogP contribution in [0.15, 0.2) is 61.2 Å². The van der Waals surface area contributed by atoms with Crippen molar-refractivity contribution in [1.82, 2.24) is 14.9 Å². The maximum atomic E-state index is 6.12. The van der Waals surface area contributed by atoms with Crippen LogP contribution in [0.1, 0.15) is 23.1 Å². The van der Waals surface area contributed by atoms with E-state index in [1.807, 2.05) is 24.7 Å². The lowest BCUT2D eigenvalue weighted by Crippen LogP contribution is -2.17. The van der Waals surface area contributed by atoms with E-state index in [0.29, 0.717) is 6.61 Å². The van der Waals surface area contributed by atoms with Gasteiger partial charge in [-0.2, -0.15) is 0 Å². The molecule has 1 heterocycles. The molecule has 27 heavy (non-hydrogen) atoms. The van der Waals surface area contributed by atoms with Crippen LogP contribution in [-0.2, 0) is 19.7 Å². The van der Waals surface area contributed by atoms with E-state index < -0.39 is 0 Å². The monoisotopic (exact) mass is 365 g/mol. The van der Waals surface area contributed by atoms with E-state index in [1.165, 1.54) is 5.56 Å². The van der Waals surface area contributed by atoms with E-state index in [1.54, 1.807) is 13.3 Å². The Hall–Kier alpha value is -2.79. The molecule has 0 atom stereocenters. The number of hydrogen-bond donors (Lipinski definition) is 1. The van der Waals surface area contributed by atoms with Crippen molar-refractivity contribution in [3.63, 3.8) is 0 Å². The Morgan fingerprint density at radius 2 is 1.96 bits per heavy atom. The van der Waals surface area contributed by atoms with Crippen LogP contribution in [0.25, 0.3) is 0 Å². The van der Waals surface area contributed by atoms with Gasteiger partial charge in [-0.3, -0.25) is 0 Å². The molecule has 0 amide bonds. The number of nitrogens with zero attached hydrogens (tertiary/aromatic N) is 2. The molecule has 0 aliphatic rings. The normalized spacial score (nSPS) is 10.7. The Kier molecular flexibility index (Phi) is 6.88. The molecule has 5 nitrogen and oxygen atoms in total. The molecule has 0 bridgehead atoms. The number of hydrogen-bond acceptors (Lipinski definition) is 4. The van der Waals surface area contributed by atoms with Gasteiger partial charge in [-0.1, -0.05) is 42.0 Å². The topological polar surface area (TPSA) is 48.3 Å². The average molecular weight is 365 g/mol. The first-order valence-corrected chi connectivity index (χ1v) is 9.27.